The second-order valence-electron chi connectivity index (χ2n) is 8.86. The first-order valence-corrected chi connectivity index (χ1v) is 11.7. The summed E-state index contributed by atoms with van der Waals surface area (Å²) < 4.78 is 5.77. The van der Waals surface area contributed by atoms with Gasteiger partial charge in [0.25, 0.3) is 5.91 Å². The van der Waals surface area contributed by atoms with Crippen molar-refractivity contribution in [1.29, 1.82) is 0 Å². The predicted octanol–water partition coefficient (Wildman–Crippen LogP) is 4.71. The van der Waals surface area contributed by atoms with Gasteiger partial charge in [-0.2, -0.15) is 0 Å². The van der Waals surface area contributed by atoms with Crippen LogP contribution in [0.4, 0.5) is 11.4 Å². The van der Waals surface area contributed by atoms with Crippen molar-refractivity contribution in [2.75, 3.05) is 17.2 Å². The number of rotatable bonds is 8. The Bertz CT molecular complexity index is 1180. The van der Waals surface area contributed by atoms with Crippen molar-refractivity contribution in [1.82, 2.24) is 4.90 Å². The molecule has 35 heavy (non-hydrogen) atoms. The number of carbonyl (C=O) groups excluding carboxylic acids is 3. The molecule has 0 saturated carbocycles. The maximum absolute atomic E-state index is 12.6. The van der Waals surface area contributed by atoms with Gasteiger partial charge in [-0.05, 0) is 67.9 Å². The number of nitrogens with one attached hydrogen (secondary N) is 2. The average molecular weight is 472 g/mol. The van der Waals surface area contributed by atoms with Crippen molar-refractivity contribution in [3.05, 3.63) is 90.0 Å². The number of amides is 3. The molecule has 3 aromatic carbocycles. The maximum atomic E-state index is 12.6. The highest BCUT2D eigenvalue weighted by Gasteiger charge is 2.35. The summed E-state index contributed by atoms with van der Waals surface area (Å²) in [6, 6.07) is 23.9. The van der Waals surface area contributed by atoms with Gasteiger partial charge in [0.1, 0.15) is 12.4 Å². The Morgan fingerprint density at radius 1 is 0.914 bits per heavy atom. The number of ether oxygens (including phenoxy) is 1. The molecule has 180 valence electrons. The van der Waals surface area contributed by atoms with Gasteiger partial charge in [0.15, 0.2) is 0 Å². The minimum atomic E-state index is -0.368. The Morgan fingerprint density at radius 3 is 2.17 bits per heavy atom. The van der Waals surface area contributed by atoms with Crippen LogP contribution < -0.4 is 15.4 Å². The van der Waals surface area contributed by atoms with E-state index >= 15 is 0 Å². The molecule has 2 N–H and O–H groups in total. The van der Waals surface area contributed by atoms with Crippen LogP contribution >= 0.6 is 0 Å². The zero-order chi connectivity index (χ0) is 24.8. The molecule has 0 radical (unpaired) electrons. The fraction of sp³-hybridized carbons (Fsp3) is 0.250. The number of anilines is 2. The molecular weight excluding hydrogens is 442 g/mol. The zero-order valence-corrected chi connectivity index (χ0v) is 19.9. The third-order valence-corrected chi connectivity index (χ3v) is 5.93. The monoisotopic (exact) mass is 471 g/mol. The van der Waals surface area contributed by atoms with Crippen LogP contribution in [0.25, 0.3) is 0 Å². The molecule has 7 heteroatoms. The van der Waals surface area contributed by atoms with Crippen LogP contribution in [-0.2, 0) is 16.2 Å². The lowest BCUT2D eigenvalue weighted by molar-refractivity contribution is -0.129. The lowest BCUT2D eigenvalue weighted by Crippen LogP contribution is -2.33. The van der Waals surface area contributed by atoms with Crippen LogP contribution in [0.3, 0.4) is 0 Å². The Hall–Kier alpha value is -4.13. The standard InChI is InChI=1S/C28H29N3O4/c1-19(2)31-17-22(16-26(31)32)28(34)30-23-10-8-21(9-11-23)27(33)29-24-12-14-25(15-13-24)35-18-20-6-4-3-5-7-20/h3-15,19,22H,16-18H2,1-2H3,(H,29,33)(H,30,34). The molecule has 7 nitrogen and oxygen atoms in total. The summed E-state index contributed by atoms with van der Waals surface area (Å²) in [4.78, 5) is 39.0. The van der Waals surface area contributed by atoms with Crippen LogP contribution in [0.1, 0.15) is 36.2 Å². The molecule has 0 aliphatic carbocycles. The molecule has 4 rings (SSSR count). The third kappa shape index (κ3) is 6.26. The highest BCUT2D eigenvalue weighted by molar-refractivity contribution is 6.05. The van der Waals surface area contributed by atoms with Crippen LogP contribution in [0.15, 0.2) is 78.9 Å². The van der Waals surface area contributed by atoms with E-state index in [0.717, 1.165) is 5.56 Å². The summed E-state index contributed by atoms with van der Waals surface area (Å²) in [6.07, 6.45) is 0.223. The lowest BCUT2D eigenvalue weighted by atomic mass is 10.1. The number of hydrogen-bond acceptors (Lipinski definition) is 4. The van der Waals surface area contributed by atoms with Crippen LogP contribution in [0, 0.1) is 5.92 Å². The van der Waals surface area contributed by atoms with E-state index in [1.54, 1.807) is 41.3 Å². The van der Waals surface area contributed by atoms with Gasteiger partial charge in [-0.3, -0.25) is 14.4 Å². The van der Waals surface area contributed by atoms with E-state index in [2.05, 4.69) is 10.6 Å². The van der Waals surface area contributed by atoms with Crippen molar-refractivity contribution < 1.29 is 19.1 Å². The molecule has 1 fully saturated rings. The Labute approximate surface area is 205 Å². The Balaban J connectivity index is 1.28. The molecule has 0 aromatic heterocycles. The first-order chi connectivity index (χ1) is 16.9. The largest absolute Gasteiger partial charge is 0.489 e. The molecule has 3 amide bonds. The molecule has 1 aliphatic heterocycles. The van der Waals surface area contributed by atoms with Gasteiger partial charge in [-0.15, -0.1) is 0 Å². The van der Waals surface area contributed by atoms with Gasteiger partial charge in [0, 0.05) is 35.9 Å². The zero-order valence-electron chi connectivity index (χ0n) is 19.9. The molecular formula is C28H29N3O4. The van der Waals surface area contributed by atoms with Gasteiger partial charge in [-0.1, -0.05) is 30.3 Å². The molecule has 1 heterocycles. The molecule has 3 aromatic rings. The minimum absolute atomic E-state index is 0.00274. The summed E-state index contributed by atoms with van der Waals surface area (Å²) in [7, 11) is 0. The lowest BCUT2D eigenvalue weighted by Gasteiger charge is -2.20. The van der Waals surface area contributed by atoms with Crippen molar-refractivity contribution in [2.45, 2.75) is 32.9 Å². The van der Waals surface area contributed by atoms with Crippen LogP contribution in [-0.4, -0.2) is 35.2 Å². The smallest absolute Gasteiger partial charge is 0.255 e. The quantitative estimate of drug-likeness (QED) is 0.498. The number of hydrogen-bond donors (Lipinski definition) is 2. The van der Waals surface area contributed by atoms with E-state index in [9.17, 15) is 14.4 Å². The van der Waals surface area contributed by atoms with Crippen LogP contribution in [0.2, 0.25) is 0 Å². The third-order valence-electron chi connectivity index (χ3n) is 5.93. The Kier molecular flexibility index (Phi) is 7.45. The SMILES string of the molecule is CC(C)N1CC(C(=O)Nc2ccc(C(=O)Nc3ccc(OCc4ccccc4)cc3)cc2)CC1=O. The van der Waals surface area contributed by atoms with Crippen molar-refractivity contribution in [3.63, 3.8) is 0 Å². The average Bonchev–Trinajstić information content (AvgIpc) is 3.27. The summed E-state index contributed by atoms with van der Waals surface area (Å²) in [5.41, 5.74) is 2.79. The molecule has 0 bridgehead atoms. The minimum Gasteiger partial charge on any atom is -0.489 e. The highest BCUT2D eigenvalue weighted by Crippen LogP contribution is 2.22. The van der Waals surface area contributed by atoms with Gasteiger partial charge < -0.3 is 20.3 Å². The number of benzene rings is 3. The van der Waals surface area contributed by atoms with Gasteiger partial charge >= 0.3 is 0 Å². The highest BCUT2D eigenvalue weighted by atomic mass is 16.5. The summed E-state index contributed by atoms with van der Waals surface area (Å²) in [5, 5.41) is 5.71. The second-order valence-corrected chi connectivity index (χ2v) is 8.86. The van der Waals surface area contributed by atoms with Crippen LogP contribution in [0.5, 0.6) is 5.75 Å². The van der Waals surface area contributed by atoms with Gasteiger partial charge in [0.2, 0.25) is 11.8 Å². The van der Waals surface area contributed by atoms with Gasteiger partial charge in [0.05, 0.1) is 5.92 Å². The summed E-state index contributed by atoms with van der Waals surface area (Å²) >= 11 is 0. The Morgan fingerprint density at radius 2 is 1.54 bits per heavy atom. The van der Waals surface area contributed by atoms with E-state index in [4.69, 9.17) is 4.74 Å². The number of likely N-dealkylation sites (tertiary alicyclic amines) is 1. The van der Waals surface area contributed by atoms with Crippen molar-refractivity contribution in [2.24, 2.45) is 5.92 Å². The second kappa shape index (κ2) is 10.9. The fourth-order valence-corrected chi connectivity index (χ4v) is 3.93. The van der Waals surface area contributed by atoms with E-state index in [0.29, 0.717) is 35.8 Å². The van der Waals surface area contributed by atoms with Crippen molar-refractivity contribution >= 4 is 29.1 Å². The number of nitrogens with zero attached hydrogens (tertiary/aromatic N) is 1. The molecule has 0 spiro atoms. The van der Waals surface area contributed by atoms with Crippen molar-refractivity contribution in [3.8, 4) is 5.75 Å². The van der Waals surface area contributed by atoms with Gasteiger partial charge in [-0.25, -0.2) is 0 Å². The molecule has 1 saturated heterocycles. The van der Waals surface area contributed by atoms with E-state index in [1.165, 1.54) is 0 Å². The normalized spacial score (nSPS) is 15.2. The number of carbonyl (C=O) groups is 3. The van der Waals surface area contributed by atoms with E-state index in [-0.39, 0.29) is 36.1 Å². The summed E-state index contributed by atoms with van der Waals surface area (Å²) in [5.74, 6) is -0.0917. The first-order valence-electron chi connectivity index (χ1n) is 11.7. The summed E-state index contributed by atoms with van der Waals surface area (Å²) in [6.45, 7) is 4.79. The fourth-order valence-electron chi connectivity index (χ4n) is 3.93. The molecule has 1 aliphatic rings. The predicted molar refractivity (Wildman–Crippen MR) is 135 cm³/mol. The van der Waals surface area contributed by atoms with E-state index < -0.39 is 0 Å². The molecule has 1 unspecified atom stereocenters. The maximum Gasteiger partial charge on any atom is 0.255 e. The first kappa shape index (κ1) is 24.0. The van der Waals surface area contributed by atoms with E-state index in [1.807, 2.05) is 56.3 Å². The molecule has 1 atom stereocenters. The topological polar surface area (TPSA) is 87.7 Å².